The van der Waals surface area contributed by atoms with Crippen LogP contribution < -0.4 is 0 Å². The van der Waals surface area contributed by atoms with Crippen LogP contribution in [-0.4, -0.2) is 0 Å². The lowest BCUT2D eigenvalue weighted by Crippen LogP contribution is -1.92. The van der Waals surface area contributed by atoms with Crippen molar-refractivity contribution in [1.29, 1.82) is 0 Å². The minimum Gasteiger partial charge on any atom is -0.456 e. The van der Waals surface area contributed by atoms with Gasteiger partial charge in [0.25, 0.3) is 0 Å². The Morgan fingerprint density at radius 2 is 0.796 bits per heavy atom. The first-order valence-corrected chi connectivity index (χ1v) is 16.8. The minimum atomic E-state index is 0.900. The van der Waals surface area contributed by atoms with Gasteiger partial charge in [-0.15, -0.1) is 0 Å². The Hall–Kier alpha value is -6.44. The predicted molar refractivity (Wildman–Crippen MR) is 208 cm³/mol. The molecule has 0 bridgehead atoms. The summed E-state index contributed by atoms with van der Waals surface area (Å²) in [4.78, 5) is 0. The van der Waals surface area contributed by atoms with E-state index in [4.69, 9.17) is 4.42 Å². The van der Waals surface area contributed by atoms with Crippen molar-refractivity contribution in [2.24, 2.45) is 0 Å². The molecule has 10 aromatic rings. The van der Waals surface area contributed by atoms with Crippen molar-refractivity contribution in [2.75, 3.05) is 0 Å². The zero-order chi connectivity index (χ0) is 32.3. The number of hydrogen-bond acceptors (Lipinski definition) is 1. The third-order valence-electron chi connectivity index (χ3n) is 10.1. The van der Waals surface area contributed by atoms with Gasteiger partial charge in [0, 0.05) is 10.8 Å². The summed E-state index contributed by atoms with van der Waals surface area (Å²) in [6, 6.07) is 65.7. The molecule has 0 aliphatic rings. The molecular weight excluding hydrogens is 593 g/mol. The zero-order valence-corrected chi connectivity index (χ0v) is 26.7. The first-order valence-electron chi connectivity index (χ1n) is 16.8. The van der Waals surface area contributed by atoms with Gasteiger partial charge in [0.05, 0.1) is 0 Å². The van der Waals surface area contributed by atoms with Gasteiger partial charge < -0.3 is 4.42 Å². The fraction of sp³-hybridized carbons (Fsp3) is 0. The average Bonchev–Trinajstić information content (AvgIpc) is 3.56. The average molecular weight is 623 g/mol. The second-order valence-electron chi connectivity index (χ2n) is 12.8. The van der Waals surface area contributed by atoms with Gasteiger partial charge in [0.1, 0.15) is 11.2 Å². The fourth-order valence-corrected chi connectivity index (χ4v) is 7.85. The summed E-state index contributed by atoms with van der Waals surface area (Å²) in [5.41, 5.74) is 11.6. The van der Waals surface area contributed by atoms with E-state index in [0.29, 0.717) is 0 Å². The smallest absolute Gasteiger partial charge is 0.136 e. The quantitative estimate of drug-likeness (QED) is 0.178. The maximum atomic E-state index is 6.52. The van der Waals surface area contributed by atoms with E-state index in [1.807, 2.05) is 0 Å². The lowest BCUT2D eigenvalue weighted by molar-refractivity contribution is 0.669. The van der Waals surface area contributed by atoms with Gasteiger partial charge in [-0.1, -0.05) is 158 Å². The monoisotopic (exact) mass is 622 g/mol. The molecule has 0 saturated carbocycles. The maximum Gasteiger partial charge on any atom is 0.136 e. The van der Waals surface area contributed by atoms with Crippen LogP contribution in [0.15, 0.2) is 186 Å². The van der Waals surface area contributed by atoms with Gasteiger partial charge in [-0.05, 0) is 101 Å². The van der Waals surface area contributed by atoms with Gasteiger partial charge in [0.2, 0.25) is 0 Å². The first-order chi connectivity index (χ1) is 24.3. The Labute approximate surface area is 284 Å². The standard InChI is InChI=1S/C48H30O/c1-3-13-31(14-4-1)34-26-25-33-17-11-22-40(42(33)29-34)46-36-18-7-9-20-38(36)47(39-21-10-8-19-37(39)46)41-23-12-24-45-48(41)43-30-35(27-28-44(43)49-45)32-15-5-2-6-16-32/h1-30H. The Morgan fingerprint density at radius 3 is 1.43 bits per heavy atom. The van der Waals surface area contributed by atoms with E-state index in [0.717, 1.165) is 21.9 Å². The molecule has 0 atom stereocenters. The molecule has 49 heavy (non-hydrogen) atoms. The summed E-state index contributed by atoms with van der Waals surface area (Å²) in [5.74, 6) is 0. The van der Waals surface area contributed by atoms with Crippen molar-refractivity contribution in [3.8, 4) is 44.5 Å². The molecule has 0 saturated heterocycles. The second kappa shape index (κ2) is 11.1. The molecule has 0 unspecified atom stereocenters. The van der Waals surface area contributed by atoms with Crippen molar-refractivity contribution >= 4 is 54.3 Å². The molecule has 0 aliphatic heterocycles. The van der Waals surface area contributed by atoms with Crippen LogP contribution in [0, 0.1) is 0 Å². The van der Waals surface area contributed by atoms with Crippen molar-refractivity contribution in [2.45, 2.75) is 0 Å². The third kappa shape index (κ3) is 4.40. The van der Waals surface area contributed by atoms with Crippen molar-refractivity contribution < 1.29 is 4.42 Å². The van der Waals surface area contributed by atoms with Crippen molar-refractivity contribution in [3.63, 3.8) is 0 Å². The van der Waals surface area contributed by atoms with Crippen LogP contribution in [0.1, 0.15) is 0 Å². The number of rotatable bonds is 4. The van der Waals surface area contributed by atoms with E-state index in [-0.39, 0.29) is 0 Å². The topological polar surface area (TPSA) is 13.1 Å². The van der Waals surface area contributed by atoms with Crippen LogP contribution in [0.2, 0.25) is 0 Å². The molecule has 1 nitrogen and oxygen atoms in total. The molecule has 228 valence electrons. The summed E-state index contributed by atoms with van der Waals surface area (Å²) in [6.07, 6.45) is 0. The van der Waals surface area contributed by atoms with Crippen LogP contribution in [0.5, 0.6) is 0 Å². The highest BCUT2D eigenvalue weighted by atomic mass is 16.3. The maximum absolute atomic E-state index is 6.52. The Bertz CT molecular complexity index is 2800. The minimum absolute atomic E-state index is 0.900. The molecule has 0 spiro atoms. The summed E-state index contributed by atoms with van der Waals surface area (Å²) in [5, 5.41) is 9.71. The molecule has 0 fully saturated rings. The molecule has 9 aromatic carbocycles. The van der Waals surface area contributed by atoms with Crippen LogP contribution in [0.4, 0.5) is 0 Å². The number of benzene rings is 9. The molecule has 10 rings (SSSR count). The summed E-state index contributed by atoms with van der Waals surface area (Å²) in [6.45, 7) is 0. The fourth-order valence-electron chi connectivity index (χ4n) is 7.85. The van der Waals surface area contributed by atoms with E-state index >= 15 is 0 Å². The number of hydrogen-bond donors (Lipinski definition) is 0. The third-order valence-corrected chi connectivity index (χ3v) is 10.1. The van der Waals surface area contributed by atoms with Gasteiger partial charge >= 0.3 is 0 Å². The van der Waals surface area contributed by atoms with Crippen LogP contribution in [0.3, 0.4) is 0 Å². The Kier molecular flexibility index (Phi) is 6.25. The lowest BCUT2D eigenvalue weighted by Gasteiger charge is -2.19. The Morgan fingerprint density at radius 1 is 0.286 bits per heavy atom. The van der Waals surface area contributed by atoms with E-state index in [9.17, 15) is 0 Å². The second-order valence-corrected chi connectivity index (χ2v) is 12.8. The van der Waals surface area contributed by atoms with Crippen LogP contribution in [-0.2, 0) is 0 Å². The van der Waals surface area contributed by atoms with E-state index < -0.39 is 0 Å². The number of furan rings is 1. The molecule has 0 aliphatic carbocycles. The molecule has 0 N–H and O–H groups in total. The highest BCUT2D eigenvalue weighted by Crippen LogP contribution is 2.48. The predicted octanol–water partition coefficient (Wildman–Crippen LogP) is 13.7. The lowest BCUT2D eigenvalue weighted by atomic mass is 9.83. The molecule has 1 aromatic heterocycles. The van der Waals surface area contributed by atoms with Crippen molar-refractivity contribution in [1.82, 2.24) is 0 Å². The normalized spacial score (nSPS) is 11.7. The summed E-state index contributed by atoms with van der Waals surface area (Å²) >= 11 is 0. The SMILES string of the molecule is c1ccc(-c2ccc3cccc(-c4c5ccccc5c(-c5cccc6oc7ccc(-c8ccccc8)cc7c56)c5ccccc45)c3c2)cc1. The van der Waals surface area contributed by atoms with Gasteiger partial charge in [-0.3, -0.25) is 0 Å². The number of fused-ring (bicyclic) bond motifs is 6. The van der Waals surface area contributed by atoms with Crippen molar-refractivity contribution in [3.05, 3.63) is 182 Å². The first kappa shape index (κ1) is 27.7. The van der Waals surface area contributed by atoms with Gasteiger partial charge in [-0.25, -0.2) is 0 Å². The molecule has 1 heterocycles. The van der Waals surface area contributed by atoms with Crippen LogP contribution >= 0.6 is 0 Å². The molecule has 0 radical (unpaired) electrons. The highest BCUT2D eigenvalue weighted by Gasteiger charge is 2.21. The zero-order valence-electron chi connectivity index (χ0n) is 26.7. The Balaban J connectivity index is 1.29. The molecule has 0 amide bonds. The van der Waals surface area contributed by atoms with Crippen LogP contribution in [0.25, 0.3) is 98.8 Å². The van der Waals surface area contributed by atoms with Gasteiger partial charge in [-0.2, -0.15) is 0 Å². The summed E-state index contributed by atoms with van der Waals surface area (Å²) < 4.78 is 6.52. The van der Waals surface area contributed by atoms with E-state index in [2.05, 4.69) is 182 Å². The largest absolute Gasteiger partial charge is 0.456 e. The van der Waals surface area contributed by atoms with E-state index in [1.165, 1.54) is 76.8 Å². The molecular formula is C48H30O. The van der Waals surface area contributed by atoms with Gasteiger partial charge in [0.15, 0.2) is 0 Å². The highest BCUT2D eigenvalue weighted by molar-refractivity contribution is 6.27. The summed E-state index contributed by atoms with van der Waals surface area (Å²) in [7, 11) is 0. The molecule has 1 heteroatoms. The van der Waals surface area contributed by atoms with E-state index in [1.54, 1.807) is 0 Å².